The van der Waals surface area contributed by atoms with E-state index in [0.29, 0.717) is 25.4 Å². The van der Waals surface area contributed by atoms with Crippen LogP contribution in [-0.2, 0) is 11.3 Å². The highest BCUT2D eigenvalue weighted by molar-refractivity contribution is 6.02. The van der Waals surface area contributed by atoms with Gasteiger partial charge < -0.3 is 15.0 Å². The molecule has 3 heterocycles. The van der Waals surface area contributed by atoms with E-state index in [-0.39, 0.29) is 17.2 Å². The van der Waals surface area contributed by atoms with Gasteiger partial charge in [0.1, 0.15) is 11.5 Å². The minimum atomic E-state index is -0.365. The zero-order chi connectivity index (χ0) is 18.4. The molecule has 1 amide bonds. The van der Waals surface area contributed by atoms with E-state index in [9.17, 15) is 9.59 Å². The number of rotatable bonds is 6. The molecule has 26 heavy (non-hydrogen) atoms. The van der Waals surface area contributed by atoms with E-state index in [0.717, 1.165) is 31.7 Å². The van der Waals surface area contributed by atoms with Gasteiger partial charge in [-0.3, -0.25) is 9.59 Å². The van der Waals surface area contributed by atoms with Crippen LogP contribution >= 0.6 is 0 Å². The van der Waals surface area contributed by atoms with Crippen LogP contribution in [0.2, 0.25) is 0 Å². The minimum absolute atomic E-state index is 0.202. The molecule has 2 aromatic rings. The second-order valence-corrected chi connectivity index (χ2v) is 6.09. The summed E-state index contributed by atoms with van der Waals surface area (Å²) in [6.07, 6.45) is 3.41. The van der Waals surface area contributed by atoms with Crippen LogP contribution in [0.3, 0.4) is 0 Å². The fourth-order valence-electron chi connectivity index (χ4n) is 2.67. The van der Waals surface area contributed by atoms with Gasteiger partial charge in [-0.1, -0.05) is 13.3 Å². The van der Waals surface area contributed by atoms with Crippen molar-refractivity contribution in [1.82, 2.24) is 14.8 Å². The van der Waals surface area contributed by atoms with Crippen molar-refractivity contribution >= 4 is 17.4 Å². The van der Waals surface area contributed by atoms with Gasteiger partial charge >= 0.3 is 0 Å². The van der Waals surface area contributed by atoms with Gasteiger partial charge in [-0.25, -0.2) is 9.67 Å². The average Bonchev–Trinajstić information content (AvgIpc) is 2.68. The molecule has 138 valence electrons. The Hall–Kier alpha value is -2.74. The number of ether oxygens (including phenoxy) is 1. The fraction of sp³-hybridized carbons (Fsp3) is 0.444. The molecule has 0 bridgehead atoms. The van der Waals surface area contributed by atoms with Crippen molar-refractivity contribution in [2.75, 3.05) is 36.5 Å². The van der Waals surface area contributed by atoms with Gasteiger partial charge in [0.25, 0.3) is 11.5 Å². The van der Waals surface area contributed by atoms with E-state index in [2.05, 4.69) is 20.3 Å². The van der Waals surface area contributed by atoms with E-state index < -0.39 is 0 Å². The number of unbranched alkanes of at least 4 members (excludes halogenated alkanes) is 1. The third-order valence-electron chi connectivity index (χ3n) is 4.16. The quantitative estimate of drug-likeness (QED) is 0.843. The molecule has 0 saturated carbocycles. The zero-order valence-electron chi connectivity index (χ0n) is 14.9. The zero-order valence-corrected chi connectivity index (χ0v) is 14.9. The highest BCUT2D eigenvalue weighted by Crippen LogP contribution is 2.15. The Morgan fingerprint density at radius 1 is 1.23 bits per heavy atom. The Labute approximate surface area is 151 Å². The van der Waals surface area contributed by atoms with Crippen molar-refractivity contribution in [1.29, 1.82) is 0 Å². The lowest BCUT2D eigenvalue weighted by molar-refractivity contribution is 0.101. The Morgan fingerprint density at radius 3 is 2.73 bits per heavy atom. The first-order valence-corrected chi connectivity index (χ1v) is 8.85. The summed E-state index contributed by atoms with van der Waals surface area (Å²) in [4.78, 5) is 30.7. The third-order valence-corrected chi connectivity index (χ3v) is 4.16. The molecular weight excluding hydrogens is 334 g/mol. The van der Waals surface area contributed by atoms with E-state index in [1.807, 2.05) is 19.1 Å². The number of hydrogen-bond donors (Lipinski definition) is 1. The van der Waals surface area contributed by atoms with Crippen LogP contribution in [0.15, 0.2) is 35.3 Å². The summed E-state index contributed by atoms with van der Waals surface area (Å²) >= 11 is 0. The van der Waals surface area contributed by atoms with Crippen LogP contribution in [-0.4, -0.2) is 47.0 Å². The molecule has 2 aromatic heterocycles. The van der Waals surface area contributed by atoms with Crippen LogP contribution in [0, 0.1) is 0 Å². The molecule has 1 aliphatic heterocycles. The van der Waals surface area contributed by atoms with Crippen LogP contribution in [0.25, 0.3) is 0 Å². The normalized spacial score (nSPS) is 14.3. The molecule has 0 unspecified atom stereocenters. The molecule has 0 atom stereocenters. The molecule has 1 fully saturated rings. The number of anilines is 2. The Balaban J connectivity index is 1.66. The van der Waals surface area contributed by atoms with Crippen molar-refractivity contribution in [3.8, 4) is 0 Å². The molecule has 1 N–H and O–H groups in total. The Bertz CT molecular complexity index is 797. The van der Waals surface area contributed by atoms with Crippen molar-refractivity contribution in [3.05, 3.63) is 46.5 Å². The lowest BCUT2D eigenvalue weighted by atomic mass is 10.3. The molecule has 8 nitrogen and oxygen atoms in total. The number of nitrogens with zero attached hydrogens (tertiary/aromatic N) is 4. The molecule has 0 aromatic carbocycles. The second-order valence-electron chi connectivity index (χ2n) is 6.09. The molecule has 0 aliphatic carbocycles. The number of nitrogens with one attached hydrogen (secondary N) is 1. The lowest BCUT2D eigenvalue weighted by Crippen LogP contribution is -2.36. The summed E-state index contributed by atoms with van der Waals surface area (Å²) in [7, 11) is 0. The molecule has 0 spiro atoms. The monoisotopic (exact) mass is 357 g/mol. The summed E-state index contributed by atoms with van der Waals surface area (Å²) in [6, 6.07) is 6.49. The van der Waals surface area contributed by atoms with Gasteiger partial charge in [0.2, 0.25) is 0 Å². The molecule has 8 heteroatoms. The standard InChI is InChI=1S/C18H23N5O3/c1-2-3-8-23-17(24)7-5-15(21-23)18(25)20-14-4-6-16(19-13-14)22-9-11-26-12-10-22/h4-7,13H,2-3,8-12H2,1H3,(H,20,25). The van der Waals surface area contributed by atoms with Gasteiger partial charge in [0, 0.05) is 25.7 Å². The highest BCUT2D eigenvalue weighted by atomic mass is 16.5. The Kier molecular flexibility index (Phi) is 5.96. The molecule has 1 saturated heterocycles. The molecular formula is C18H23N5O3. The summed E-state index contributed by atoms with van der Waals surface area (Å²) in [6.45, 7) is 5.55. The third kappa shape index (κ3) is 4.45. The van der Waals surface area contributed by atoms with Gasteiger partial charge in [0.05, 0.1) is 25.1 Å². The maximum absolute atomic E-state index is 12.4. The van der Waals surface area contributed by atoms with E-state index in [1.165, 1.54) is 16.8 Å². The summed E-state index contributed by atoms with van der Waals surface area (Å²) in [5.74, 6) is 0.494. The molecule has 3 rings (SSSR count). The number of amides is 1. The SMILES string of the molecule is CCCCn1nc(C(=O)Nc2ccc(N3CCOCC3)nc2)ccc1=O. The number of morpholine rings is 1. The maximum atomic E-state index is 12.4. The lowest BCUT2D eigenvalue weighted by Gasteiger charge is -2.27. The van der Waals surface area contributed by atoms with Gasteiger partial charge in [-0.05, 0) is 24.6 Å². The fourth-order valence-corrected chi connectivity index (χ4v) is 2.67. The summed E-state index contributed by atoms with van der Waals surface area (Å²) in [5.41, 5.74) is 0.588. The van der Waals surface area contributed by atoms with Crippen molar-refractivity contribution in [2.24, 2.45) is 0 Å². The van der Waals surface area contributed by atoms with Crippen molar-refractivity contribution in [3.63, 3.8) is 0 Å². The highest BCUT2D eigenvalue weighted by Gasteiger charge is 2.13. The van der Waals surface area contributed by atoms with Crippen LogP contribution < -0.4 is 15.8 Å². The van der Waals surface area contributed by atoms with Crippen molar-refractivity contribution in [2.45, 2.75) is 26.3 Å². The second kappa shape index (κ2) is 8.57. The van der Waals surface area contributed by atoms with Crippen LogP contribution in [0.1, 0.15) is 30.3 Å². The summed E-state index contributed by atoms with van der Waals surface area (Å²) in [5, 5.41) is 6.92. The maximum Gasteiger partial charge on any atom is 0.276 e. The minimum Gasteiger partial charge on any atom is -0.378 e. The smallest absolute Gasteiger partial charge is 0.276 e. The largest absolute Gasteiger partial charge is 0.378 e. The number of pyridine rings is 1. The van der Waals surface area contributed by atoms with E-state index in [1.54, 1.807) is 6.20 Å². The number of aromatic nitrogens is 3. The average molecular weight is 357 g/mol. The first-order chi connectivity index (χ1) is 12.7. The first-order valence-electron chi connectivity index (χ1n) is 8.85. The number of carbonyl (C=O) groups is 1. The van der Waals surface area contributed by atoms with E-state index in [4.69, 9.17) is 4.74 Å². The summed E-state index contributed by atoms with van der Waals surface area (Å²) < 4.78 is 6.66. The van der Waals surface area contributed by atoms with Gasteiger partial charge in [-0.15, -0.1) is 0 Å². The van der Waals surface area contributed by atoms with Crippen LogP contribution in [0.5, 0.6) is 0 Å². The predicted molar refractivity (Wildman–Crippen MR) is 98.6 cm³/mol. The first kappa shape index (κ1) is 18.1. The number of hydrogen-bond acceptors (Lipinski definition) is 6. The van der Waals surface area contributed by atoms with Crippen LogP contribution in [0.4, 0.5) is 11.5 Å². The van der Waals surface area contributed by atoms with E-state index >= 15 is 0 Å². The number of carbonyl (C=O) groups excluding carboxylic acids is 1. The molecule has 1 aliphatic rings. The number of aryl methyl sites for hydroxylation is 1. The predicted octanol–water partition coefficient (Wildman–Crippen LogP) is 1.53. The Morgan fingerprint density at radius 2 is 2.04 bits per heavy atom. The van der Waals surface area contributed by atoms with Crippen molar-refractivity contribution < 1.29 is 9.53 Å². The molecule has 0 radical (unpaired) electrons. The topological polar surface area (TPSA) is 89.3 Å². The van der Waals surface area contributed by atoms with Gasteiger partial charge in [0.15, 0.2) is 0 Å². The van der Waals surface area contributed by atoms with Gasteiger partial charge in [-0.2, -0.15) is 5.10 Å².